The molecule has 0 bridgehead atoms. The van der Waals surface area contributed by atoms with Crippen LogP contribution in [0.5, 0.6) is 5.75 Å². The van der Waals surface area contributed by atoms with Crippen LogP contribution in [0.15, 0.2) is 59.8 Å². The smallest absolute Gasteiger partial charge is 0.257 e. The average Bonchev–Trinajstić information content (AvgIpc) is 3.09. The van der Waals surface area contributed by atoms with E-state index < -0.39 is 5.91 Å². The number of rotatable bonds is 8. The van der Waals surface area contributed by atoms with Crippen molar-refractivity contribution in [1.29, 1.82) is 0 Å². The van der Waals surface area contributed by atoms with Gasteiger partial charge < -0.3 is 15.4 Å². The number of benzene rings is 2. The molecule has 1 fully saturated rings. The molecule has 3 rings (SSSR count). The summed E-state index contributed by atoms with van der Waals surface area (Å²) in [6.07, 6.45) is 0.219. The second-order valence-corrected chi connectivity index (χ2v) is 6.93. The fourth-order valence-electron chi connectivity index (χ4n) is 2.87. The lowest BCUT2D eigenvalue weighted by Gasteiger charge is -2.14. The Balaban J connectivity index is 1.69. The first-order valence-corrected chi connectivity index (χ1v) is 9.60. The average molecular weight is 429 g/mol. The summed E-state index contributed by atoms with van der Waals surface area (Å²) < 4.78 is 5.20. The molecule has 1 saturated heterocycles. The molecule has 8 nitrogen and oxygen atoms in total. The normalized spacial score (nSPS) is 14.7. The lowest BCUT2D eigenvalue weighted by atomic mass is 10.1. The Hall–Kier alpha value is -3.52. The van der Waals surface area contributed by atoms with Crippen LogP contribution in [0.1, 0.15) is 12.8 Å². The lowest BCUT2D eigenvalue weighted by molar-refractivity contribution is -0.121. The van der Waals surface area contributed by atoms with Gasteiger partial charge in [0.15, 0.2) is 5.78 Å². The van der Waals surface area contributed by atoms with Gasteiger partial charge in [-0.2, -0.15) is 0 Å². The number of hydrogen-bond donors (Lipinski definition) is 4. The van der Waals surface area contributed by atoms with Crippen LogP contribution >= 0.6 is 11.6 Å². The number of nitrogens with one attached hydrogen (secondary N) is 4. The zero-order chi connectivity index (χ0) is 21.5. The zero-order valence-corrected chi connectivity index (χ0v) is 17.0. The number of allylic oxidation sites excluding steroid dienone is 1. The maximum atomic E-state index is 12.3. The number of anilines is 2. The minimum atomic E-state index is -0.454. The summed E-state index contributed by atoms with van der Waals surface area (Å²) in [5.74, 6) is -0.451. The summed E-state index contributed by atoms with van der Waals surface area (Å²) in [5, 5.41) is 6.20. The van der Waals surface area contributed by atoms with E-state index in [0.29, 0.717) is 27.8 Å². The van der Waals surface area contributed by atoms with E-state index in [1.807, 2.05) is 0 Å². The highest BCUT2D eigenvalue weighted by Gasteiger charge is 2.29. The van der Waals surface area contributed by atoms with Crippen LogP contribution in [0.2, 0.25) is 5.02 Å². The van der Waals surface area contributed by atoms with Crippen LogP contribution in [0, 0.1) is 0 Å². The van der Waals surface area contributed by atoms with Crippen molar-refractivity contribution in [3.05, 3.63) is 64.8 Å². The largest absolute Gasteiger partial charge is 0.497 e. The summed E-state index contributed by atoms with van der Waals surface area (Å²) in [6, 6.07) is 13.9. The number of Topliss-reactive ketones (excluding diaryl/α,β-unsaturated/α-hetero) is 1. The highest BCUT2D eigenvalue weighted by atomic mass is 35.5. The number of carbonyl (C=O) groups is 3. The van der Waals surface area contributed by atoms with Gasteiger partial charge in [-0.25, -0.2) is 0 Å². The molecule has 9 heteroatoms. The van der Waals surface area contributed by atoms with E-state index in [2.05, 4.69) is 21.5 Å². The highest BCUT2D eigenvalue weighted by Crippen LogP contribution is 2.23. The minimum absolute atomic E-state index is 0.0382. The summed E-state index contributed by atoms with van der Waals surface area (Å²) in [5.41, 5.74) is 7.10. The molecular weight excluding hydrogens is 408 g/mol. The van der Waals surface area contributed by atoms with E-state index in [1.165, 1.54) is 0 Å². The minimum Gasteiger partial charge on any atom is -0.497 e. The van der Waals surface area contributed by atoms with Crippen LogP contribution in [0.25, 0.3) is 0 Å². The first-order chi connectivity index (χ1) is 14.5. The molecule has 0 saturated carbocycles. The number of ketones is 1. The number of carbonyl (C=O) groups excluding carboxylic acids is 3. The molecule has 0 radical (unpaired) electrons. The van der Waals surface area contributed by atoms with E-state index in [9.17, 15) is 14.4 Å². The molecule has 0 atom stereocenters. The summed E-state index contributed by atoms with van der Waals surface area (Å²) >= 11 is 5.84. The molecule has 30 heavy (non-hydrogen) atoms. The van der Waals surface area contributed by atoms with Gasteiger partial charge in [-0.1, -0.05) is 17.7 Å². The Morgan fingerprint density at radius 2 is 1.87 bits per heavy atom. The predicted octanol–water partition coefficient (Wildman–Crippen LogP) is 2.64. The summed E-state index contributed by atoms with van der Waals surface area (Å²) in [6.45, 7) is -0.0538. The van der Waals surface area contributed by atoms with Crippen LogP contribution in [-0.2, 0) is 14.4 Å². The van der Waals surface area contributed by atoms with Crippen molar-refractivity contribution in [1.82, 2.24) is 10.7 Å². The molecule has 2 amide bonds. The van der Waals surface area contributed by atoms with E-state index in [-0.39, 0.29) is 36.6 Å². The van der Waals surface area contributed by atoms with Crippen molar-refractivity contribution in [2.75, 3.05) is 24.4 Å². The van der Waals surface area contributed by atoms with Gasteiger partial charge in [-0.3, -0.25) is 25.2 Å². The Kier molecular flexibility index (Phi) is 6.92. The Morgan fingerprint density at radius 1 is 1.10 bits per heavy atom. The van der Waals surface area contributed by atoms with Crippen molar-refractivity contribution < 1.29 is 19.1 Å². The number of methoxy groups -OCH3 is 1. The molecule has 2 aromatic rings. The maximum Gasteiger partial charge on any atom is 0.257 e. The number of hydrogen-bond acceptors (Lipinski definition) is 6. The summed E-state index contributed by atoms with van der Waals surface area (Å²) in [4.78, 5) is 36.6. The van der Waals surface area contributed by atoms with E-state index in [1.54, 1.807) is 55.6 Å². The Labute approximate surface area is 178 Å². The van der Waals surface area contributed by atoms with Crippen LogP contribution in [-0.4, -0.2) is 31.3 Å². The fraction of sp³-hybridized carbons (Fsp3) is 0.190. The van der Waals surface area contributed by atoms with Gasteiger partial charge >= 0.3 is 0 Å². The van der Waals surface area contributed by atoms with Gasteiger partial charge in [0.05, 0.1) is 19.3 Å². The van der Waals surface area contributed by atoms with Gasteiger partial charge in [-0.15, -0.1) is 0 Å². The first kappa shape index (κ1) is 21.2. The van der Waals surface area contributed by atoms with E-state index in [0.717, 1.165) is 0 Å². The molecule has 0 spiro atoms. The first-order valence-electron chi connectivity index (χ1n) is 9.22. The van der Waals surface area contributed by atoms with Gasteiger partial charge in [0.1, 0.15) is 11.3 Å². The summed E-state index contributed by atoms with van der Waals surface area (Å²) in [7, 11) is 1.55. The third-order valence-electron chi connectivity index (χ3n) is 4.37. The standard InChI is InChI=1S/C21H21ClN4O4/c1-30-16-4-2-3-15(11-16)24-17(20-18(27)12-23-21(20)29)9-10-19(28)26-25-14-7-5-13(22)6-8-14/h2-8,11,24-25H,9-10,12H2,1H3,(H,23,29)(H,26,28). The predicted molar refractivity (Wildman–Crippen MR) is 114 cm³/mol. The monoisotopic (exact) mass is 428 g/mol. The Morgan fingerprint density at radius 3 is 2.53 bits per heavy atom. The highest BCUT2D eigenvalue weighted by molar-refractivity contribution is 6.30. The van der Waals surface area contributed by atoms with Crippen molar-refractivity contribution >= 4 is 40.6 Å². The second-order valence-electron chi connectivity index (χ2n) is 6.50. The molecule has 4 N–H and O–H groups in total. The maximum absolute atomic E-state index is 12.3. The molecule has 0 aliphatic carbocycles. The Bertz CT molecular complexity index is 971. The van der Waals surface area contributed by atoms with E-state index in [4.69, 9.17) is 16.3 Å². The molecular formula is C21H21ClN4O4. The van der Waals surface area contributed by atoms with Crippen LogP contribution < -0.4 is 26.2 Å². The van der Waals surface area contributed by atoms with Crippen molar-refractivity contribution in [2.24, 2.45) is 0 Å². The molecule has 0 aromatic heterocycles. The number of amides is 2. The van der Waals surface area contributed by atoms with Crippen LogP contribution in [0.3, 0.4) is 0 Å². The zero-order valence-electron chi connectivity index (χ0n) is 16.3. The van der Waals surface area contributed by atoms with Gasteiger partial charge in [0.25, 0.3) is 5.91 Å². The molecule has 1 aliphatic rings. The van der Waals surface area contributed by atoms with E-state index >= 15 is 0 Å². The molecule has 0 unspecified atom stereocenters. The topological polar surface area (TPSA) is 109 Å². The van der Waals surface area contributed by atoms with Crippen molar-refractivity contribution in [3.8, 4) is 5.75 Å². The lowest BCUT2D eigenvalue weighted by Crippen LogP contribution is -2.29. The van der Waals surface area contributed by atoms with Crippen LogP contribution in [0.4, 0.5) is 11.4 Å². The number of ether oxygens (including phenoxy) is 1. The number of halogens is 1. The number of hydrazine groups is 1. The molecule has 1 heterocycles. The van der Waals surface area contributed by atoms with Crippen molar-refractivity contribution in [3.63, 3.8) is 0 Å². The third-order valence-corrected chi connectivity index (χ3v) is 4.63. The molecule has 2 aromatic carbocycles. The van der Waals surface area contributed by atoms with Crippen molar-refractivity contribution in [2.45, 2.75) is 12.8 Å². The third kappa shape index (κ3) is 5.51. The quantitative estimate of drug-likeness (QED) is 0.292. The SMILES string of the molecule is COc1cccc(NC(CCC(=O)NNc2ccc(Cl)cc2)=C2C(=O)CNC2=O)c1. The molecule has 1 aliphatic heterocycles. The second kappa shape index (κ2) is 9.80. The molecule has 156 valence electrons. The van der Waals surface area contributed by atoms with Gasteiger partial charge in [-0.05, 0) is 42.8 Å². The van der Waals surface area contributed by atoms with Gasteiger partial charge in [0.2, 0.25) is 5.91 Å². The van der Waals surface area contributed by atoms with Gasteiger partial charge in [0, 0.05) is 28.9 Å². The fourth-order valence-corrected chi connectivity index (χ4v) is 3.00.